The molecule has 0 bridgehead atoms. The lowest BCUT2D eigenvalue weighted by atomic mass is 10.1. The van der Waals surface area contributed by atoms with Crippen LogP contribution in [0.25, 0.3) is 0 Å². The van der Waals surface area contributed by atoms with E-state index >= 15 is 0 Å². The van der Waals surface area contributed by atoms with Gasteiger partial charge in [0.05, 0.1) is 34.4 Å². The first-order valence-electron chi connectivity index (χ1n) is 17.1. The first-order valence-corrected chi connectivity index (χ1v) is 18.6. The van der Waals surface area contributed by atoms with Gasteiger partial charge in [0.1, 0.15) is 19.3 Å². The Labute approximate surface area is 264 Å². The van der Waals surface area contributed by atoms with Crippen molar-refractivity contribution in [1.82, 2.24) is 0 Å². The molecule has 0 fully saturated rings. The summed E-state index contributed by atoms with van der Waals surface area (Å²) in [6.45, 7) is 5.40. The van der Waals surface area contributed by atoms with Gasteiger partial charge in [-0.1, -0.05) is 102 Å². The Morgan fingerprint density at radius 2 is 1.28 bits per heavy atom. The zero-order valence-electron chi connectivity index (χ0n) is 28.4. The van der Waals surface area contributed by atoms with Crippen molar-refractivity contribution in [3.63, 3.8) is 0 Å². The molecule has 0 spiro atoms. The number of hydrogen-bond donors (Lipinski definition) is 1. The molecule has 0 radical (unpaired) electrons. The van der Waals surface area contributed by atoms with Gasteiger partial charge >= 0.3 is 13.8 Å². The average Bonchev–Trinajstić information content (AvgIpc) is 2.94. The van der Waals surface area contributed by atoms with Gasteiger partial charge in [0.2, 0.25) is 0 Å². The van der Waals surface area contributed by atoms with Gasteiger partial charge in [0.25, 0.3) is 0 Å². The maximum atomic E-state index is 12.3. The quantitative estimate of drug-likeness (QED) is 0.0268. The molecule has 9 heteroatoms. The van der Waals surface area contributed by atoms with Crippen molar-refractivity contribution < 1.29 is 37.3 Å². The monoisotopic (exact) mass is 632 g/mol. The van der Waals surface area contributed by atoms with Crippen molar-refractivity contribution in [2.24, 2.45) is 0 Å². The van der Waals surface area contributed by atoms with Crippen LogP contribution >= 0.6 is 7.82 Å². The van der Waals surface area contributed by atoms with E-state index < -0.39 is 13.9 Å². The SMILES string of the molecule is CCCCC/C=C\C/C=C\CCCCCCCCCCOCC(COP(=O)(O)OCC[N+](C)(C)C)OC(=O)CCCCC. The third-order valence-corrected chi connectivity index (χ3v) is 8.00. The molecule has 254 valence electrons. The fourth-order valence-corrected chi connectivity index (χ4v) is 5.03. The number of ether oxygens (including phenoxy) is 2. The van der Waals surface area contributed by atoms with E-state index in [2.05, 4.69) is 38.2 Å². The molecule has 2 atom stereocenters. The highest BCUT2D eigenvalue weighted by molar-refractivity contribution is 7.47. The molecule has 43 heavy (non-hydrogen) atoms. The molecule has 0 saturated carbocycles. The number of quaternary nitrogens is 1. The van der Waals surface area contributed by atoms with Crippen molar-refractivity contribution in [3.8, 4) is 0 Å². The number of allylic oxidation sites excluding steroid dienone is 4. The number of phosphoric ester groups is 1. The van der Waals surface area contributed by atoms with Crippen LogP contribution in [-0.2, 0) is 27.9 Å². The standard InChI is InChI=1S/C34H66NO7P/c1-6-8-10-11-12-13-14-15-16-17-18-19-20-21-22-23-24-26-29-39-31-33(42-34(36)27-25-9-7-2)32-41-43(37,38)40-30-28-35(3,4)5/h12-13,15-16,33H,6-11,14,17-32H2,1-5H3/p+1/b13-12-,16-15-. The highest BCUT2D eigenvalue weighted by atomic mass is 31.2. The van der Waals surface area contributed by atoms with E-state index in [9.17, 15) is 14.3 Å². The summed E-state index contributed by atoms with van der Waals surface area (Å²) in [5.41, 5.74) is 0. The van der Waals surface area contributed by atoms with Crippen LogP contribution in [0, 0.1) is 0 Å². The topological polar surface area (TPSA) is 91.3 Å². The van der Waals surface area contributed by atoms with Crippen molar-refractivity contribution in [1.29, 1.82) is 0 Å². The van der Waals surface area contributed by atoms with Gasteiger partial charge in [-0.25, -0.2) is 4.57 Å². The molecule has 0 saturated heterocycles. The number of carbonyl (C=O) groups is 1. The first kappa shape index (κ1) is 42.0. The van der Waals surface area contributed by atoms with Crippen LogP contribution in [-0.4, -0.2) is 75.6 Å². The van der Waals surface area contributed by atoms with E-state index in [1.807, 2.05) is 21.1 Å². The molecule has 0 rings (SSSR count). The van der Waals surface area contributed by atoms with E-state index in [1.54, 1.807) is 0 Å². The zero-order chi connectivity index (χ0) is 32.1. The normalized spacial score (nSPS) is 14.5. The minimum atomic E-state index is -4.24. The molecule has 0 aliphatic carbocycles. The number of nitrogens with zero attached hydrogens (tertiary/aromatic N) is 1. The number of rotatable bonds is 31. The van der Waals surface area contributed by atoms with Crippen LogP contribution in [0.4, 0.5) is 0 Å². The number of unbranched alkanes of at least 4 members (excludes halogenated alkanes) is 13. The fourth-order valence-electron chi connectivity index (χ4n) is 4.29. The molecule has 2 unspecified atom stereocenters. The molecule has 0 aromatic rings. The fraction of sp³-hybridized carbons (Fsp3) is 0.853. The molecule has 8 nitrogen and oxygen atoms in total. The van der Waals surface area contributed by atoms with Gasteiger partial charge in [-0.05, 0) is 44.9 Å². The third kappa shape index (κ3) is 32.2. The number of esters is 1. The molecular weight excluding hydrogens is 565 g/mol. The Kier molecular flexibility index (Phi) is 27.8. The lowest BCUT2D eigenvalue weighted by Crippen LogP contribution is -2.37. The zero-order valence-corrected chi connectivity index (χ0v) is 29.3. The van der Waals surface area contributed by atoms with E-state index in [1.165, 1.54) is 70.6 Å². The summed E-state index contributed by atoms with van der Waals surface area (Å²) >= 11 is 0. The maximum absolute atomic E-state index is 12.3. The van der Waals surface area contributed by atoms with Crippen molar-refractivity contribution in [2.45, 2.75) is 136 Å². The van der Waals surface area contributed by atoms with Crippen LogP contribution in [0.1, 0.15) is 129 Å². The molecule has 0 aromatic carbocycles. The second-order valence-corrected chi connectivity index (χ2v) is 14.0. The Bertz CT molecular complexity index is 752. The van der Waals surface area contributed by atoms with E-state index in [0.29, 0.717) is 24.1 Å². The summed E-state index contributed by atoms with van der Waals surface area (Å²) in [5.74, 6) is -0.342. The van der Waals surface area contributed by atoms with Crippen molar-refractivity contribution >= 4 is 13.8 Å². The van der Waals surface area contributed by atoms with E-state index in [-0.39, 0.29) is 25.8 Å². The van der Waals surface area contributed by atoms with Crippen LogP contribution in [0.15, 0.2) is 24.3 Å². The van der Waals surface area contributed by atoms with E-state index in [0.717, 1.165) is 38.5 Å². The first-order chi connectivity index (χ1) is 20.6. The Morgan fingerprint density at radius 3 is 1.88 bits per heavy atom. The van der Waals surface area contributed by atoms with Gasteiger partial charge < -0.3 is 18.9 Å². The maximum Gasteiger partial charge on any atom is 0.472 e. The third-order valence-electron chi connectivity index (χ3n) is 7.02. The number of hydrogen-bond acceptors (Lipinski definition) is 6. The van der Waals surface area contributed by atoms with Crippen LogP contribution in [0.2, 0.25) is 0 Å². The number of phosphoric acid groups is 1. The van der Waals surface area contributed by atoms with E-state index in [4.69, 9.17) is 18.5 Å². The number of likely N-dealkylation sites (N-methyl/N-ethyl adjacent to an activating group) is 1. The predicted octanol–water partition coefficient (Wildman–Crippen LogP) is 8.93. The Hall–Kier alpha value is -1.02. The van der Waals surface area contributed by atoms with Crippen LogP contribution < -0.4 is 0 Å². The summed E-state index contributed by atoms with van der Waals surface area (Å²) in [6.07, 6.45) is 28.5. The molecule has 0 aliphatic rings. The largest absolute Gasteiger partial charge is 0.472 e. The summed E-state index contributed by atoms with van der Waals surface area (Å²) < 4.78 is 34.4. The minimum Gasteiger partial charge on any atom is -0.457 e. The second kappa shape index (κ2) is 28.5. The van der Waals surface area contributed by atoms with Crippen LogP contribution in [0.3, 0.4) is 0 Å². The lowest BCUT2D eigenvalue weighted by molar-refractivity contribution is -0.870. The minimum absolute atomic E-state index is 0.0873. The van der Waals surface area contributed by atoms with Gasteiger partial charge in [-0.2, -0.15) is 0 Å². The Balaban J connectivity index is 4.03. The highest BCUT2D eigenvalue weighted by Crippen LogP contribution is 2.43. The lowest BCUT2D eigenvalue weighted by Gasteiger charge is -2.24. The molecule has 1 N–H and O–H groups in total. The second-order valence-electron chi connectivity index (χ2n) is 12.5. The van der Waals surface area contributed by atoms with Crippen molar-refractivity contribution in [2.75, 3.05) is 54.1 Å². The summed E-state index contributed by atoms with van der Waals surface area (Å²) in [6, 6.07) is 0. The van der Waals surface area contributed by atoms with Gasteiger partial charge in [-0.3, -0.25) is 13.8 Å². The summed E-state index contributed by atoms with van der Waals surface area (Å²) in [7, 11) is 1.66. The summed E-state index contributed by atoms with van der Waals surface area (Å²) in [4.78, 5) is 22.3. The molecule has 0 heterocycles. The summed E-state index contributed by atoms with van der Waals surface area (Å²) in [5, 5.41) is 0. The Morgan fingerprint density at radius 1 is 0.721 bits per heavy atom. The molecule has 0 amide bonds. The predicted molar refractivity (Wildman–Crippen MR) is 178 cm³/mol. The molecule has 0 aliphatic heterocycles. The van der Waals surface area contributed by atoms with Crippen LogP contribution in [0.5, 0.6) is 0 Å². The van der Waals surface area contributed by atoms with Crippen molar-refractivity contribution in [3.05, 3.63) is 24.3 Å². The highest BCUT2D eigenvalue weighted by Gasteiger charge is 2.26. The van der Waals surface area contributed by atoms with Gasteiger partial charge in [0, 0.05) is 13.0 Å². The molecular formula is C34H67NO7P+. The smallest absolute Gasteiger partial charge is 0.457 e. The molecule has 0 aromatic heterocycles. The van der Waals surface area contributed by atoms with Gasteiger partial charge in [0.15, 0.2) is 0 Å². The average molecular weight is 633 g/mol. The number of carbonyl (C=O) groups excluding carboxylic acids is 1. The van der Waals surface area contributed by atoms with Gasteiger partial charge in [-0.15, -0.1) is 0 Å².